The number of para-hydroxylation sites is 1. The highest BCUT2D eigenvalue weighted by Gasteiger charge is 2.24. The lowest BCUT2D eigenvalue weighted by atomic mass is 10.1. The topological polar surface area (TPSA) is 25.2 Å². The molecule has 1 aliphatic heterocycles. The summed E-state index contributed by atoms with van der Waals surface area (Å²) in [5.74, 6) is 0.161. The summed E-state index contributed by atoms with van der Waals surface area (Å²) >= 11 is 0. The van der Waals surface area contributed by atoms with Crippen molar-refractivity contribution in [3.8, 4) is 16.9 Å². The highest BCUT2D eigenvalue weighted by Crippen LogP contribution is 2.30. The Labute approximate surface area is 154 Å². The molecule has 0 radical (unpaired) electrons. The molecule has 3 nitrogen and oxygen atoms in total. The maximum absolute atomic E-state index is 13.2. The molecule has 26 heavy (non-hydrogen) atoms. The molecule has 0 bridgehead atoms. The van der Waals surface area contributed by atoms with E-state index < -0.39 is 0 Å². The molecular weight excluding hydrogens is 320 g/mol. The molecule has 0 atom stereocenters. The van der Waals surface area contributed by atoms with E-state index in [9.17, 15) is 4.79 Å². The van der Waals surface area contributed by atoms with Crippen molar-refractivity contribution < 1.29 is 4.79 Å². The second kappa shape index (κ2) is 7.20. The van der Waals surface area contributed by atoms with E-state index in [1.54, 1.807) is 0 Å². The predicted octanol–water partition coefficient (Wildman–Crippen LogP) is 5.08. The van der Waals surface area contributed by atoms with Crippen molar-refractivity contribution in [3.63, 3.8) is 0 Å². The zero-order chi connectivity index (χ0) is 17.9. The van der Waals surface area contributed by atoms with Crippen LogP contribution in [0, 0.1) is 6.92 Å². The molecule has 3 aromatic rings. The van der Waals surface area contributed by atoms with Gasteiger partial charge >= 0.3 is 0 Å². The third-order valence-electron chi connectivity index (χ3n) is 5.20. The van der Waals surface area contributed by atoms with Crippen LogP contribution in [0.5, 0.6) is 0 Å². The average Bonchev–Trinajstić information content (AvgIpc) is 3.06. The van der Waals surface area contributed by atoms with Crippen LogP contribution >= 0.6 is 0 Å². The maximum Gasteiger partial charge on any atom is 0.255 e. The number of carbonyl (C=O) groups is 1. The third kappa shape index (κ3) is 3.05. The number of aromatic nitrogens is 1. The van der Waals surface area contributed by atoms with Crippen molar-refractivity contribution in [2.75, 3.05) is 13.1 Å². The normalized spacial score (nSPS) is 14.4. The zero-order valence-corrected chi connectivity index (χ0v) is 15.2. The number of rotatable bonds is 3. The summed E-state index contributed by atoms with van der Waals surface area (Å²) in [5.41, 5.74) is 5.09. The fraction of sp³-hybridized carbons (Fsp3) is 0.261. The van der Waals surface area contributed by atoms with E-state index in [0.29, 0.717) is 0 Å². The van der Waals surface area contributed by atoms with Crippen LogP contribution in [0.2, 0.25) is 0 Å². The fourth-order valence-electron chi connectivity index (χ4n) is 3.82. The average molecular weight is 344 g/mol. The Bertz CT molecular complexity index is 891. The van der Waals surface area contributed by atoms with Crippen molar-refractivity contribution in [1.82, 2.24) is 9.47 Å². The molecule has 0 aliphatic carbocycles. The molecule has 0 unspecified atom stereocenters. The van der Waals surface area contributed by atoms with Crippen molar-refractivity contribution in [2.45, 2.75) is 26.2 Å². The summed E-state index contributed by atoms with van der Waals surface area (Å²) in [6.07, 6.45) is 3.44. The molecule has 1 aliphatic rings. The Hall–Kier alpha value is -2.81. The van der Waals surface area contributed by atoms with E-state index in [-0.39, 0.29) is 5.91 Å². The lowest BCUT2D eigenvalue weighted by molar-refractivity contribution is 0.0723. The largest absolute Gasteiger partial charge is 0.339 e. The van der Waals surface area contributed by atoms with Gasteiger partial charge in [0.15, 0.2) is 0 Å². The Balaban J connectivity index is 1.84. The first-order chi connectivity index (χ1) is 12.8. The van der Waals surface area contributed by atoms with Crippen LogP contribution in [0.25, 0.3) is 16.9 Å². The molecule has 0 N–H and O–H groups in total. The van der Waals surface area contributed by atoms with Gasteiger partial charge in [-0.05, 0) is 49.9 Å². The lowest BCUT2D eigenvalue weighted by Crippen LogP contribution is -2.35. The van der Waals surface area contributed by atoms with Crippen LogP contribution in [-0.2, 0) is 0 Å². The molecule has 4 rings (SSSR count). The first-order valence-corrected chi connectivity index (χ1v) is 9.38. The molecular formula is C23H24N2O. The van der Waals surface area contributed by atoms with E-state index in [0.717, 1.165) is 54.1 Å². The van der Waals surface area contributed by atoms with Crippen molar-refractivity contribution in [2.24, 2.45) is 0 Å². The number of hydrogen-bond donors (Lipinski definition) is 0. The van der Waals surface area contributed by atoms with Gasteiger partial charge in [-0.15, -0.1) is 0 Å². The molecule has 2 aromatic carbocycles. The first-order valence-electron chi connectivity index (χ1n) is 9.38. The number of likely N-dealkylation sites (tertiary alicyclic amines) is 1. The monoisotopic (exact) mass is 344 g/mol. The second-order valence-corrected chi connectivity index (χ2v) is 6.92. The van der Waals surface area contributed by atoms with Crippen LogP contribution in [0.15, 0.2) is 66.7 Å². The lowest BCUT2D eigenvalue weighted by Gasteiger charge is -2.26. The molecule has 0 spiro atoms. The summed E-state index contributed by atoms with van der Waals surface area (Å²) in [5, 5.41) is 0. The molecule has 1 fully saturated rings. The number of amides is 1. The molecule has 3 heteroatoms. The van der Waals surface area contributed by atoms with E-state index >= 15 is 0 Å². The second-order valence-electron chi connectivity index (χ2n) is 6.92. The van der Waals surface area contributed by atoms with Crippen molar-refractivity contribution in [1.29, 1.82) is 0 Å². The number of nitrogens with zero attached hydrogens (tertiary/aromatic N) is 2. The van der Waals surface area contributed by atoms with E-state index in [1.165, 1.54) is 6.42 Å². The molecule has 132 valence electrons. The SMILES string of the molecule is Cc1c(C(=O)N2CCCCC2)cc(-c2ccccc2)n1-c1ccccc1. The molecule has 0 saturated carbocycles. The van der Waals surface area contributed by atoms with Gasteiger partial charge in [-0.1, -0.05) is 48.5 Å². The van der Waals surface area contributed by atoms with E-state index in [4.69, 9.17) is 0 Å². The molecule has 1 amide bonds. The Morgan fingerprint density at radius 3 is 2.12 bits per heavy atom. The van der Waals surface area contributed by atoms with Gasteiger partial charge in [0.1, 0.15) is 0 Å². The maximum atomic E-state index is 13.2. The smallest absolute Gasteiger partial charge is 0.255 e. The van der Waals surface area contributed by atoms with Gasteiger partial charge in [-0.3, -0.25) is 4.79 Å². The van der Waals surface area contributed by atoms with E-state index in [1.807, 2.05) is 41.3 Å². The van der Waals surface area contributed by atoms with Gasteiger partial charge in [0.2, 0.25) is 0 Å². The van der Waals surface area contributed by atoms with Gasteiger partial charge in [0, 0.05) is 24.5 Å². The van der Waals surface area contributed by atoms with Gasteiger partial charge in [-0.25, -0.2) is 0 Å². The minimum Gasteiger partial charge on any atom is -0.339 e. The standard InChI is InChI=1S/C23H24N2O/c1-18-21(23(26)24-15-9-4-10-16-24)17-22(19-11-5-2-6-12-19)25(18)20-13-7-3-8-14-20/h2-3,5-8,11-14,17H,4,9-10,15-16H2,1H3. The fourth-order valence-corrected chi connectivity index (χ4v) is 3.82. The quantitative estimate of drug-likeness (QED) is 0.650. The van der Waals surface area contributed by atoms with Gasteiger partial charge in [0.05, 0.1) is 11.3 Å². The number of piperidine rings is 1. The summed E-state index contributed by atoms with van der Waals surface area (Å²) in [7, 11) is 0. The minimum absolute atomic E-state index is 0.161. The van der Waals surface area contributed by atoms with Crippen LogP contribution in [0.1, 0.15) is 35.3 Å². The van der Waals surface area contributed by atoms with Crippen LogP contribution in [0.3, 0.4) is 0 Å². The zero-order valence-electron chi connectivity index (χ0n) is 15.2. The number of benzene rings is 2. The minimum atomic E-state index is 0.161. The first kappa shape index (κ1) is 16.6. The molecule has 1 aromatic heterocycles. The highest BCUT2D eigenvalue weighted by molar-refractivity contribution is 5.97. The van der Waals surface area contributed by atoms with Crippen LogP contribution in [-0.4, -0.2) is 28.5 Å². The van der Waals surface area contributed by atoms with Gasteiger partial charge < -0.3 is 9.47 Å². The third-order valence-corrected chi connectivity index (χ3v) is 5.20. The van der Waals surface area contributed by atoms with Gasteiger partial charge in [-0.2, -0.15) is 0 Å². The summed E-state index contributed by atoms with van der Waals surface area (Å²) in [6.45, 7) is 3.79. The number of hydrogen-bond acceptors (Lipinski definition) is 1. The van der Waals surface area contributed by atoms with E-state index in [2.05, 4.69) is 41.8 Å². The molecule has 1 saturated heterocycles. The van der Waals surface area contributed by atoms with Crippen molar-refractivity contribution >= 4 is 5.91 Å². The van der Waals surface area contributed by atoms with Crippen LogP contribution < -0.4 is 0 Å². The summed E-state index contributed by atoms with van der Waals surface area (Å²) in [6, 6.07) is 22.6. The highest BCUT2D eigenvalue weighted by atomic mass is 16.2. The summed E-state index contributed by atoms with van der Waals surface area (Å²) < 4.78 is 2.20. The Morgan fingerprint density at radius 2 is 1.46 bits per heavy atom. The Kier molecular flexibility index (Phi) is 4.61. The number of carbonyl (C=O) groups excluding carboxylic acids is 1. The van der Waals surface area contributed by atoms with Crippen molar-refractivity contribution in [3.05, 3.63) is 78.0 Å². The molecule has 2 heterocycles. The predicted molar refractivity (Wildman–Crippen MR) is 106 cm³/mol. The van der Waals surface area contributed by atoms with Crippen LogP contribution in [0.4, 0.5) is 0 Å². The van der Waals surface area contributed by atoms with Gasteiger partial charge in [0.25, 0.3) is 5.91 Å². The Morgan fingerprint density at radius 1 is 0.846 bits per heavy atom. The summed E-state index contributed by atoms with van der Waals surface area (Å²) in [4.78, 5) is 15.2.